The van der Waals surface area contributed by atoms with E-state index in [0.29, 0.717) is 5.69 Å². The summed E-state index contributed by atoms with van der Waals surface area (Å²) in [6.07, 6.45) is 0. The van der Waals surface area contributed by atoms with E-state index in [-0.39, 0.29) is 16.2 Å². The van der Waals surface area contributed by atoms with E-state index in [1.54, 1.807) is 43.3 Å². The molecule has 3 rings (SSSR count). The molecule has 0 aliphatic carbocycles. The Hall–Kier alpha value is -3.06. The standard InChI is InChI=1S/C18H14N2O4S/c1-11-7-3-5-9-13(11)19-15(21)16(25)20(18(19)23)14-10-6-4-8-12(14)17(22)24-2/h3-10H,1-2H3. The molecule has 2 aromatic carbocycles. The Morgan fingerprint density at radius 3 is 2.20 bits per heavy atom. The van der Waals surface area contributed by atoms with Gasteiger partial charge in [-0.3, -0.25) is 4.79 Å². The molecule has 0 atom stereocenters. The second-order valence-electron chi connectivity index (χ2n) is 5.36. The molecule has 0 aromatic heterocycles. The maximum atomic E-state index is 12.9. The summed E-state index contributed by atoms with van der Waals surface area (Å²) in [7, 11) is 1.24. The molecule has 0 N–H and O–H groups in total. The Morgan fingerprint density at radius 1 is 0.960 bits per heavy atom. The van der Waals surface area contributed by atoms with Crippen molar-refractivity contribution in [2.75, 3.05) is 16.9 Å². The van der Waals surface area contributed by atoms with Gasteiger partial charge in [0.15, 0.2) is 4.99 Å². The van der Waals surface area contributed by atoms with E-state index in [1.807, 2.05) is 6.07 Å². The number of para-hydroxylation sites is 2. The zero-order valence-corrected chi connectivity index (χ0v) is 14.4. The van der Waals surface area contributed by atoms with Crippen LogP contribution in [0.25, 0.3) is 0 Å². The first-order chi connectivity index (χ1) is 12.0. The van der Waals surface area contributed by atoms with Crippen molar-refractivity contribution >= 4 is 46.5 Å². The van der Waals surface area contributed by atoms with E-state index in [0.717, 1.165) is 15.4 Å². The van der Waals surface area contributed by atoms with Gasteiger partial charge in [-0.05, 0) is 30.7 Å². The second kappa shape index (κ2) is 6.45. The van der Waals surface area contributed by atoms with Crippen LogP contribution < -0.4 is 9.80 Å². The van der Waals surface area contributed by atoms with Crippen molar-refractivity contribution in [1.82, 2.24) is 0 Å². The van der Waals surface area contributed by atoms with Gasteiger partial charge in [-0.15, -0.1) is 0 Å². The molecule has 1 heterocycles. The normalized spacial score (nSPS) is 14.2. The quantitative estimate of drug-likeness (QED) is 0.481. The predicted octanol–water partition coefficient (Wildman–Crippen LogP) is 3.08. The number of rotatable bonds is 3. The Kier molecular flexibility index (Phi) is 4.33. The molecule has 1 saturated heterocycles. The van der Waals surface area contributed by atoms with Crippen LogP contribution in [0.5, 0.6) is 0 Å². The summed E-state index contributed by atoms with van der Waals surface area (Å²) in [6, 6.07) is 12.7. The molecule has 7 heteroatoms. The lowest BCUT2D eigenvalue weighted by atomic mass is 10.1. The van der Waals surface area contributed by atoms with Crippen LogP contribution in [0, 0.1) is 6.92 Å². The SMILES string of the molecule is COC(=O)c1ccccc1N1C(=O)N(c2ccccc2C)C(=O)C1=S. The van der Waals surface area contributed by atoms with Crippen LogP contribution in [0.4, 0.5) is 16.2 Å². The number of benzene rings is 2. The Bertz CT molecular complexity index is 909. The molecule has 1 fully saturated rings. The monoisotopic (exact) mass is 354 g/mol. The van der Waals surface area contributed by atoms with Gasteiger partial charge in [0.05, 0.1) is 24.0 Å². The Balaban J connectivity index is 2.10. The van der Waals surface area contributed by atoms with Gasteiger partial charge >= 0.3 is 12.0 Å². The number of carbonyl (C=O) groups is 3. The maximum Gasteiger partial charge on any atom is 0.341 e. The summed E-state index contributed by atoms with van der Waals surface area (Å²) in [4.78, 5) is 39.4. The fourth-order valence-electron chi connectivity index (χ4n) is 2.66. The van der Waals surface area contributed by atoms with Gasteiger partial charge in [-0.2, -0.15) is 0 Å². The van der Waals surface area contributed by atoms with Crippen molar-refractivity contribution in [1.29, 1.82) is 0 Å². The molecular weight excluding hydrogens is 340 g/mol. The van der Waals surface area contributed by atoms with Gasteiger partial charge in [0.1, 0.15) is 0 Å². The predicted molar refractivity (Wildman–Crippen MR) is 96.9 cm³/mol. The van der Waals surface area contributed by atoms with Crippen LogP contribution in [-0.2, 0) is 9.53 Å². The van der Waals surface area contributed by atoms with Crippen molar-refractivity contribution in [3.63, 3.8) is 0 Å². The minimum absolute atomic E-state index is 0.153. The highest BCUT2D eigenvalue weighted by atomic mass is 32.1. The first-order valence-electron chi connectivity index (χ1n) is 7.43. The minimum atomic E-state index is -0.624. The fraction of sp³-hybridized carbons (Fsp3) is 0.111. The first kappa shape index (κ1) is 16.8. The number of methoxy groups -OCH3 is 1. The minimum Gasteiger partial charge on any atom is -0.465 e. The highest BCUT2D eigenvalue weighted by molar-refractivity contribution is 7.82. The van der Waals surface area contributed by atoms with Crippen molar-refractivity contribution in [2.24, 2.45) is 0 Å². The van der Waals surface area contributed by atoms with Gasteiger partial charge < -0.3 is 4.74 Å². The summed E-state index contributed by atoms with van der Waals surface area (Å²) in [5, 5.41) is 0. The van der Waals surface area contributed by atoms with Crippen molar-refractivity contribution in [2.45, 2.75) is 6.92 Å². The molecule has 1 aliphatic heterocycles. The Morgan fingerprint density at radius 2 is 1.56 bits per heavy atom. The van der Waals surface area contributed by atoms with Gasteiger partial charge in [-0.1, -0.05) is 42.5 Å². The molecule has 126 valence electrons. The average Bonchev–Trinajstić information content (AvgIpc) is 2.84. The first-order valence-corrected chi connectivity index (χ1v) is 7.83. The molecule has 0 saturated carbocycles. The molecule has 25 heavy (non-hydrogen) atoms. The van der Waals surface area contributed by atoms with Crippen LogP contribution >= 0.6 is 12.2 Å². The molecule has 2 aromatic rings. The number of anilines is 2. The van der Waals surface area contributed by atoms with Gasteiger partial charge in [0.2, 0.25) is 0 Å². The number of esters is 1. The smallest absolute Gasteiger partial charge is 0.341 e. The van der Waals surface area contributed by atoms with E-state index < -0.39 is 17.9 Å². The van der Waals surface area contributed by atoms with Gasteiger partial charge in [0, 0.05) is 0 Å². The summed E-state index contributed by atoms with van der Waals surface area (Å²) in [5.41, 5.74) is 1.59. The number of thiocarbonyl (C=S) groups is 1. The third kappa shape index (κ3) is 2.68. The largest absolute Gasteiger partial charge is 0.465 e. The molecule has 0 bridgehead atoms. The molecule has 0 spiro atoms. The number of carbonyl (C=O) groups excluding carboxylic acids is 3. The van der Waals surface area contributed by atoms with Crippen LogP contribution in [0.1, 0.15) is 15.9 Å². The van der Waals surface area contributed by atoms with Gasteiger partial charge in [-0.25, -0.2) is 19.4 Å². The number of nitrogens with zero attached hydrogens (tertiary/aromatic N) is 2. The molecule has 0 unspecified atom stereocenters. The van der Waals surface area contributed by atoms with Crippen LogP contribution in [-0.4, -0.2) is 30.0 Å². The van der Waals surface area contributed by atoms with Crippen molar-refractivity contribution < 1.29 is 19.1 Å². The van der Waals surface area contributed by atoms with Crippen molar-refractivity contribution in [3.8, 4) is 0 Å². The molecule has 3 amide bonds. The van der Waals surface area contributed by atoms with Crippen LogP contribution in [0.2, 0.25) is 0 Å². The third-order valence-corrected chi connectivity index (χ3v) is 4.24. The highest BCUT2D eigenvalue weighted by Gasteiger charge is 2.44. The third-order valence-electron chi connectivity index (χ3n) is 3.88. The average molecular weight is 354 g/mol. The zero-order valence-electron chi connectivity index (χ0n) is 13.6. The van der Waals surface area contributed by atoms with E-state index in [1.165, 1.54) is 13.2 Å². The van der Waals surface area contributed by atoms with Gasteiger partial charge in [0.25, 0.3) is 5.91 Å². The lowest BCUT2D eigenvalue weighted by molar-refractivity contribution is -0.111. The lowest BCUT2D eigenvalue weighted by Crippen LogP contribution is -2.34. The summed E-state index contributed by atoms with van der Waals surface area (Å²) in [5.74, 6) is -1.22. The number of ether oxygens (including phenoxy) is 1. The number of urea groups is 1. The van der Waals surface area contributed by atoms with Crippen molar-refractivity contribution in [3.05, 3.63) is 59.7 Å². The number of hydrogen-bond acceptors (Lipinski definition) is 5. The Labute approximate surface area is 149 Å². The molecular formula is C18H14N2O4S. The number of aryl methyl sites for hydroxylation is 1. The summed E-state index contributed by atoms with van der Waals surface area (Å²) >= 11 is 5.19. The second-order valence-corrected chi connectivity index (χ2v) is 5.75. The van der Waals surface area contributed by atoms with Crippen LogP contribution in [0.15, 0.2) is 48.5 Å². The number of amides is 3. The van der Waals surface area contributed by atoms with Crippen LogP contribution in [0.3, 0.4) is 0 Å². The van der Waals surface area contributed by atoms with E-state index in [9.17, 15) is 14.4 Å². The molecule has 6 nitrogen and oxygen atoms in total. The summed E-state index contributed by atoms with van der Waals surface area (Å²) in [6.45, 7) is 1.80. The molecule has 0 radical (unpaired) electrons. The number of hydrogen-bond donors (Lipinski definition) is 0. The van der Waals surface area contributed by atoms with E-state index in [2.05, 4.69) is 0 Å². The fourth-order valence-corrected chi connectivity index (χ4v) is 2.92. The summed E-state index contributed by atoms with van der Waals surface area (Å²) < 4.78 is 4.75. The highest BCUT2D eigenvalue weighted by Crippen LogP contribution is 2.31. The van der Waals surface area contributed by atoms with E-state index in [4.69, 9.17) is 17.0 Å². The van der Waals surface area contributed by atoms with E-state index >= 15 is 0 Å². The zero-order chi connectivity index (χ0) is 18.1. The molecule has 1 aliphatic rings. The maximum absolute atomic E-state index is 12.9. The number of imide groups is 1. The topological polar surface area (TPSA) is 66.9 Å². The lowest BCUT2D eigenvalue weighted by Gasteiger charge is -2.19.